The van der Waals surface area contributed by atoms with Crippen molar-refractivity contribution in [1.29, 1.82) is 0 Å². The van der Waals surface area contributed by atoms with Gasteiger partial charge in [0.2, 0.25) is 0 Å². The second kappa shape index (κ2) is 6.70. The van der Waals surface area contributed by atoms with Gasteiger partial charge in [0, 0.05) is 11.0 Å². The van der Waals surface area contributed by atoms with Gasteiger partial charge in [0.15, 0.2) is 0 Å². The van der Waals surface area contributed by atoms with Crippen LogP contribution in [0.25, 0.3) is 0 Å². The van der Waals surface area contributed by atoms with E-state index in [2.05, 4.69) is 21.2 Å². The Balaban J connectivity index is 2.11. The van der Waals surface area contributed by atoms with Crippen molar-refractivity contribution in [3.63, 3.8) is 0 Å². The maximum Gasteiger partial charge on any atom is 0.128 e. The van der Waals surface area contributed by atoms with E-state index in [4.69, 9.17) is 9.84 Å². The van der Waals surface area contributed by atoms with Crippen molar-refractivity contribution in [3.05, 3.63) is 58.1 Å². The molecule has 0 atom stereocenters. The van der Waals surface area contributed by atoms with E-state index in [0.717, 1.165) is 28.1 Å². The average molecular weight is 322 g/mol. The van der Waals surface area contributed by atoms with Crippen LogP contribution < -0.4 is 10.1 Å². The van der Waals surface area contributed by atoms with Gasteiger partial charge in [0.05, 0.1) is 6.61 Å². The van der Waals surface area contributed by atoms with Crippen LogP contribution in [0.5, 0.6) is 11.5 Å². The number of nitrogens with one attached hydrogen (secondary N) is 1. The molecule has 0 saturated heterocycles. The molecule has 0 spiro atoms. The van der Waals surface area contributed by atoms with Gasteiger partial charge < -0.3 is 15.2 Å². The van der Waals surface area contributed by atoms with Crippen LogP contribution in [0.1, 0.15) is 11.1 Å². The standard InChI is InChI=1S/C15H16BrNO2/c1-17-9-12-4-7-14(8-15(12)16)19-13-5-2-11(10-18)3-6-13/h2-8,17-18H,9-10H2,1H3. The Labute approximate surface area is 121 Å². The van der Waals surface area contributed by atoms with Crippen molar-refractivity contribution in [2.24, 2.45) is 0 Å². The fraction of sp³-hybridized carbons (Fsp3) is 0.200. The molecule has 0 saturated carbocycles. The van der Waals surface area contributed by atoms with E-state index in [1.54, 1.807) is 0 Å². The molecule has 2 aromatic carbocycles. The van der Waals surface area contributed by atoms with Gasteiger partial charge in [-0.05, 0) is 42.4 Å². The lowest BCUT2D eigenvalue weighted by Crippen LogP contribution is -2.05. The van der Waals surface area contributed by atoms with Crippen LogP contribution in [0.15, 0.2) is 46.9 Å². The van der Waals surface area contributed by atoms with Gasteiger partial charge >= 0.3 is 0 Å². The summed E-state index contributed by atoms with van der Waals surface area (Å²) in [6.07, 6.45) is 0. The molecular weight excluding hydrogens is 306 g/mol. The number of rotatable bonds is 5. The summed E-state index contributed by atoms with van der Waals surface area (Å²) in [6.45, 7) is 0.858. The maximum absolute atomic E-state index is 8.98. The fourth-order valence-electron chi connectivity index (χ4n) is 1.72. The molecule has 0 bridgehead atoms. The first-order valence-corrected chi connectivity index (χ1v) is 6.83. The summed E-state index contributed by atoms with van der Waals surface area (Å²) in [5.74, 6) is 1.54. The van der Waals surface area contributed by atoms with E-state index in [9.17, 15) is 0 Å². The Morgan fingerprint density at radius 2 is 1.79 bits per heavy atom. The Kier molecular flexibility index (Phi) is 4.96. The van der Waals surface area contributed by atoms with Crippen molar-refractivity contribution < 1.29 is 9.84 Å². The molecule has 0 heterocycles. The molecule has 2 N–H and O–H groups in total. The summed E-state index contributed by atoms with van der Waals surface area (Å²) in [5, 5.41) is 12.1. The smallest absolute Gasteiger partial charge is 0.128 e. The molecule has 0 fully saturated rings. The monoisotopic (exact) mass is 321 g/mol. The van der Waals surface area contributed by atoms with Gasteiger partial charge in [-0.1, -0.05) is 34.1 Å². The van der Waals surface area contributed by atoms with Crippen molar-refractivity contribution in [1.82, 2.24) is 5.32 Å². The number of aliphatic hydroxyl groups excluding tert-OH is 1. The fourth-order valence-corrected chi connectivity index (χ4v) is 2.22. The van der Waals surface area contributed by atoms with E-state index in [1.165, 1.54) is 5.56 Å². The minimum atomic E-state index is 0.0462. The Morgan fingerprint density at radius 3 is 2.37 bits per heavy atom. The molecule has 4 heteroatoms. The van der Waals surface area contributed by atoms with Gasteiger partial charge in [-0.25, -0.2) is 0 Å². The van der Waals surface area contributed by atoms with E-state index in [-0.39, 0.29) is 6.61 Å². The molecule has 0 radical (unpaired) electrons. The summed E-state index contributed by atoms with van der Waals surface area (Å²) in [7, 11) is 1.92. The quantitative estimate of drug-likeness (QED) is 0.886. The number of aliphatic hydroxyl groups is 1. The molecule has 0 aliphatic heterocycles. The minimum absolute atomic E-state index is 0.0462. The molecule has 3 nitrogen and oxygen atoms in total. The topological polar surface area (TPSA) is 41.5 Å². The Bertz CT molecular complexity index is 540. The zero-order valence-corrected chi connectivity index (χ0v) is 12.3. The summed E-state index contributed by atoms with van der Waals surface area (Å²) < 4.78 is 6.78. The zero-order valence-electron chi connectivity index (χ0n) is 10.7. The van der Waals surface area contributed by atoms with Crippen LogP contribution in [0.4, 0.5) is 0 Å². The highest BCUT2D eigenvalue weighted by Crippen LogP contribution is 2.27. The average Bonchev–Trinajstić information content (AvgIpc) is 2.43. The van der Waals surface area contributed by atoms with Crippen molar-refractivity contribution in [3.8, 4) is 11.5 Å². The predicted molar refractivity (Wildman–Crippen MR) is 79.3 cm³/mol. The molecule has 0 aliphatic carbocycles. The summed E-state index contributed by atoms with van der Waals surface area (Å²) in [5.41, 5.74) is 2.06. The third-order valence-corrected chi connectivity index (χ3v) is 3.47. The number of ether oxygens (including phenoxy) is 1. The number of halogens is 1. The van der Waals surface area contributed by atoms with Gasteiger partial charge in [-0.2, -0.15) is 0 Å². The maximum atomic E-state index is 8.98. The second-order valence-electron chi connectivity index (χ2n) is 4.19. The van der Waals surface area contributed by atoms with Gasteiger partial charge in [-0.15, -0.1) is 0 Å². The van der Waals surface area contributed by atoms with Gasteiger partial charge in [-0.3, -0.25) is 0 Å². The van der Waals surface area contributed by atoms with E-state index >= 15 is 0 Å². The molecule has 0 unspecified atom stereocenters. The Hall–Kier alpha value is -1.36. The molecule has 2 aromatic rings. The molecular formula is C15H16BrNO2. The molecule has 0 amide bonds. The SMILES string of the molecule is CNCc1ccc(Oc2ccc(CO)cc2)cc1Br. The lowest BCUT2D eigenvalue weighted by Gasteiger charge is -2.09. The highest BCUT2D eigenvalue weighted by Gasteiger charge is 2.03. The van der Waals surface area contributed by atoms with Crippen LogP contribution in [-0.2, 0) is 13.2 Å². The second-order valence-corrected chi connectivity index (χ2v) is 5.04. The van der Waals surface area contributed by atoms with Crippen molar-refractivity contribution in [2.45, 2.75) is 13.2 Å². The molecule has 2 rings (SSSR count). The zero-order chi connectivity index (χ0) is 13.7. The Morgan fingerprint density at radius 1 is 1.11 bits per heavy atom. The third kappa shape index (κ3) is 3.80. The first kappa shape index (κ1) is 14.1. The number of hydrogen-bond acceptors (Lipinski definition) is 3. The summed E-state index contributed by atoms with van der Waals surface area (Å²) >= 11 is 3.53. The number of hydrogen-bond donors (Lipinski definition) is 2. The molecule has 0 aliphatic rings. The molecule has 19 heavy (non-hydrogen) atoms. The highest BCUT2D eigenvalue weighted by molar-refractivity contribution is 9.10. The predicted octanol–water partition coefficient (Wildman–Crippen LogP) is 3.45. The van der Waals surface area contributed by atoms with Crippen LogP contribution in [0.3, 0.4) is 0 Å². The van der Waals surface area contributed by atoms with E-state index < -0.39 is 0 Å². The minimum Gasteiger partial charge on any atom is -0.457 e. The lowest BCUT2D eigenvalue weighted by atomic mass is 10.2. The van der Waals surface area contributed by atoms with E-state index in [1.807, 2.05) is 49.5 Å². The number of benzene rings is 2. The first-order valence-electron chi connectivity index (χ1n) is 6.03. The highest BCUT2D eigenvalue weighted by atomic mass is 79.9. The van der Waals surface area contributed by atoms with Crippen LogP contribution in [-0.4, -0.2) is 12.2 Å². The van der Waals surface area contributed by atoms with Crippen LogP contribution in [0.2, 0.25) is 0 Å². The van der Waals surface area contributed by atoms with Crippen molar-refractivity contribution >= 4 is 15.9 Å². The van der Waals surface area contributed by atoms with Gasteiger partial charge in [0.25, 0.3) is 0 Å². The summed E-state index contributed by atoms with van der Waals surface area (Å²) in [4.78, 5) is 0. The third-order valence-electron chi connectivity index (χ3n) is 2.73. The van der Waals surface area contributed by atoms with Crippen molar-refractivity contribution in [2.75, 3.05) is 7.05 Å². The molecule has 0 aromatic heterocycles. The van der Waals surface area contributed by atoms with Crippen LogP contribution >= 0.6 is 15.9 Å². The first-order chi connectivity index (χ1) is 9.22. The largest absolute Gasteiger partial charge is 0.457 e. The van der Waals surface area contributed by atoms with Gasteiger partial charge in [0.1, 0.15) is 11.5 Å². The lowest BCUT2D eigenvalue weighted by molar-refractivity contribution is 0.281. The normalized spacial score (nSPS) is 10.5. The summed E-state index contributed by atoms with van der Waals surface area (Å²) in [6, 6.07) is 13.3. The van der Waals surface area contributed by atoms with Crippen LogP contribution in [0, 0.1) is 0 Å². The molecule has 100 valence electrons. The van der Waals surface area contributed by atoms with E-state index in [0.29, 0.717) is 0 Å².